The summed E-state index contributed by atoms with van der Waals surface area (Å²) in [5.41, 5.74) is 0. The number of furan rings is 1. The molecule has 0 radical (unpaired) electrons. The predicted octanol–water partition coefficient (Wildman–Crippen LogP) is 0.698. The summed E-state index contributed by atoms with van der Waals surface area (Å²) >= 11 is 0. The minimum absolute atomic E-state index is 0.317. The number of aliphatic hydroxyl groups excluding tert-OH is 1. The molecule has 0 amide bonds. The lowest BCUT2D eigenvalue weighted by Gasteiger charge is -2.16. The van der Waals surface area contributed by atoms with E-state index < -0.39 is 6.10 Å². The van der Waals surface area contributed by atoms with Gasteiger partial charge in [-0.15, -0.1) is 0 Å². The molecule has 5 nitrogen and oxygen atoms in total. The zero-order chi connectivity index (χ0) is 13.2. The summed E-state index contributed by atoms with van der Waals surface area (Å²) in [6.45, 7) is 6.29. The van der Waals surface area contributed by atoms with Gasteiger partial charge in [0.2, 0.25) is 0 Å². The second-order valence-electron chi connectivity index (χ2n) is 4.35. The van der Waals surface area contributed by atoms with Crippen LogP contribution in [0.25, 0.3) is 0 Å². The molecule has 0 aliphatic carbocycles. The molecule has 0 aliphatic rings. The fourth-order valence-corrected chi connectivity index (χ4v) is 1.45. The highest BCUT2D eigenvalue weighted by Gasteiger charge is 2.04. The molecular formula is C13H24N2O3. The fraction of sp³-hybridized carbons (Fsp3) is 0.692. The third-order valence-corrected chi connectivity index (χ3v) is 2.72. The van der Waals surface area contributed by atoms with Crippen molar-refractivity contribution in [3.05, 3.63) is 24.2 Å². The average Bonchev–Trinajstić information content (AvgIpc) is 2.87. The van der Waals surface area contributed by atoms with E-state index in [0.29, 0.717) is 19.8 Å². The van der Waals surface area contributed by atoms with E-state index in [1.165, 1.54) is 0 Å². The number of hydrogen-bond acceptors (Lipinski definition) is 5. The highest BCUT2D eigenvalue weighted by atomic mass is 16.5. The third-order valence-electron chi connectivity index (χ3n) is 2.72. The lowest BCUT2D eigenvalue weighted by Crippen LogP contribution is -2.35. The summed E-state index contributed by atoms with van der Waals surface area (Å²) in [4.78, 5) is 2.22. The van der Waals surface area contributed by atoms with Crippen molar-refractivity contribution in [2.45, 2.75) is 19.6 Å². The van der Waals surface area contributed by atoms with Crippen molar-refractivity contribution in [1.29, 1.82) is 0 Å². The highest BCUT2D eigenvalue weighted by Crippen LogP contribution is 2.01. The van der Waals surface area contributed by atoms with Gasteiger partial charge in [-0.3, -0.25) is 0 Å². The molecule has 1 atom stereocenters. The van der Waals surface area contributed by atoms with Crippen molar-refractivity contribution >= 4 is 0 Å². The molecule has 1 aromatic rings. The Bertz CT molecular complexity index is 290. The quantitative estimate of drug-likeness (QED) is 0.603. The van der Waals surface area contributed by atoms with Crippen LogP contribution in [0.3, 0.4) is 0 Å². The van der Waals surface area contributed by atoms with Crippen LogP contribution in [0.4, 0.5) is 0 Å². The molecule has 0 bridgehead atoms. The Hall–Kier alpha value is -0.880. The van der Waals surface area contributed by atoms with Gasteiger partial charge in [-0.25, -0.2) is 0 Å². The Morgan fingerprint density at radius 1 is 1.56 bits per heavy atom. The lowest BCUT2D eigenvalue weighted by atomic mass is 10.3. The molecule has 0 spiro atoms. The SMILES string of the molecule is CCN(C)CCNCC(O)COCc1ccco1. The van der Waals surface area contributed by atoms with Crippen LogP contribution < -0.4 is 5.32 Å². The van der Waals surface area contributed by atoms with Gasteiger partial charge in [-0.05, 0) is 25.7 Å². The lowest BCUT2D eigenvalue weighted by molar-refractivity contribution is 0.0226. The van der Waals surface area contributed by atoms with Gasteiger partial charge in [0, 0.05) is 19.6 Å². The van der Waals surface area contributed by atoms with Gasteiger partial charge < -0.3 is 24.5 Å². The molecule has 0 aromatic carbocycles. The maximum absolute atomic E-state index is 9.67. The predicted molar refractivity (Wildman–Crippen MR) is 70.4 cm³/mol. The van der Waals surface area contributed by atoms with E-state index in [1.807, 2.05) is 12.1 Å². The van der Waals surface area contributed by atoms with Gasteiger partial charge in [-0.2, -0.15) is 0 Å². The van der Waals surface area contributed by atoms with Gasteiger partial charge in [0.15, 0.2) is 0 Å². The van der Waals surface area contributed by atoms with Gasteiger partial charge >= 0.3 is 0 Å². The van der Waals surface area contributed by atoms with Crippen LogP contribution in [0.15, 0.2) is 22.8 Å². The van der Waals surface area contributed by atoms with Crippen LogP contribution in [-0.2, 0) is 11.3 Å². The summed E-state index contributed by atoms with van der Waals surface area (Å²) in [7, 11) is 2.07. The first-order valence-corrected chi connectivity index (χ1v) is 6.39. The number of aliphatic hydroxyl groups is 1. The zero-order valence-corrected chi connectivity index (χ0v) is 11.3. The van der Waals surface area contributed by atoms with Gasteiger partial charge in [0.05, 0.1) is 19.0 Å². The van der Waals surface area contributed by atoms with E-state index in [1.54, 1.807) is 6.26 Å². The topological polar surface area (TPSA) is 57.9 Å². The summed E-state index contributed by atoms with van der Waals surface area (Å²) in [5, 5.41) is 12.9. The Kier molecular flexibility index (Phi) is 7.68. The standard InChI is InChI=1S/C13H24N2O3/c1-3-15(2)7-6-14-9-12(16)10-17-11-13-5-4-8-18-13/h4-5,8,12,14,16H,3,6-7,9-11H2,1-2H3. The van der Waals surface area contributed by atoms with Crippen molar-refractivity contribution in [2.24, 2.45) is 0 Å². The van der Waals surface area contributed by atoms with Crippen LogP contribution in [0.2, 0.25) is 0 Å². The first kappa shape index (κ1) is 15.2. The minimum atomic E-state index is -0.480. The molecule has 1 heterocycles. The van der Waals surface area contributed by atoms with E-state index >= 15 is 0 Å². The van der Waals surface area contributed by atoms with Crippen LogP contribution >= 0.6 is 0 Å². The summed E-state index contributed by atoms with van der Waals surface area (Å²) in [6, 6.07) is 3.67. The molecule has 104 valence electrons. The molecule has 0 aliphatic heterocycles. The molecule has 1 unspecified atom stereocenters. The second kappa shape index (κ2) is 9.10. The molecule has 18 heavy (non-hydrogen) atoms. The Balaban J connectivity index is 1.95. The van der Waals surface area contributed by atoms with Crippen LogP contribution in [-0.4, -0.2) is 55.9 Å². The van der Waals surface area contributed by atoms with Gasteiger partial charge in [-0.1, -0.05) is 6.92 Å². The number of hydrogen-bond donors (Lipinski definition) is 2. The Labute approximate surface area is 109 Å². The summed E-state index contributed by atoms with van der Waals surface area (Å²) in [6.07, 6.45) is 1.13. The monoisotopic (exact) mass is 256 g/mol. The molecule has 2 N–H and O–H groups in total. The van der Waals surface area contributed by atoms with Crippen molar-refractivity contribution in [2.75, 3.05) is 39.8 Å². The minimum Gasteiger partial charge on any atom is -0.467 e. The third kappa shape index (κ3) is 6.76. The molecule has 0 saturated heterocycles. The van der Waals surface area contributed by atoms with Crippen molar-refractivity contribution in [1.82, 2.24) is 10.2 Å². The normalized spacial score (nSPS) is 13.1. The zero-order valence-electron chi connectivity index (χ0n) is 11.3. The van der Waals surface area contributed by atoms with Crippen LogP contribution in [0, 0.1) is 0 Å². The molecular weight excluding hydrogens is 232 g/mol. The van der Waals surface area contributed by atoms with Gasteiger partial charge in [0.1, 0.15) is 12.4 Å². The number of likely N-dealkylation sites (N-methyl/N-ethyl adjacent to an activating group) is 1. The largest absolute Gasteiger partial charge is 0.467 e. The fourth-order valence-electron chi connectivity index (χ4n) is 1.45. The van der Waals surface area contributed by atoms with Crippen LogP contribution in [0.1, 0.15) is 12.7 Å². The van der Waals surface area contributed by atoms with Crippen LogP contribution in [0.5, 0.6) is 0 Å². The van der Waals surface area contributed by atoms with E-state index in [-0.39, 0.29) is 0 Å². The van der Waals surface area contributed by atoms with Crippen molar-refractivity contribution < 1.29 is 14.3 Å². The molecule has 0 fully saturated rings. The average molecular weight is 256 g/mol. The second-order valence-corrected chi connectivity index (χ2v) is 4.35. The maximum atomic E-state index is 9.67. The number of nitrogens with one attached hydrogen (secondary N) is 1. The molecule has 0 saturated carbocycles. The first-order valence-electron chi connectivity index (χ1n) is 6.39. The maximum Gasteiger partial charge on any atom is 0.129 e. The molecule has 1 aromatic heterocycles. The van der Waals surface area contributed by atoms with Gasteiger partial charge in [0.25, 0.3) is 0 Å². The Morgan fingerprint density at radius 2 is 2.39 bits per heavy atom. The smallest absolute Gasteiger partial charge is 0.129 e. The molecule has 1 rings (SSSR count). The molecule has 5 heteroatoms. The van der Waals surface area contributed by atoms with Crippen molar-refractivity contribution in [3.8, 4) is 0 Å². The summed E-state index contributed by atoms with van der Waals surface area (Å²) in [5.74, 6) is 0.778. The summed E-state index contributed by atoms with van der Waals surface area (Å²) < 4.78 is 10.5. The van der Waals surface area contributed by atoms with E-state index in [0.717, 1.165) is 25.4 Å². The van der Waals surface area contributed by atoms with E-state index in [4.69, 9.17) is 9.15 Å². The number of ether oxygens (including phenoxy) is 1. The Morgan fingerprint density at radius 3 is 3.06 bits per heavy atom. The first-order chi connectivity index (χ1) is 8.72. The highest BCUT2D eigenvalue weighted by molar-refractivity contribution is 4.96. The number of nitrogens with zero attached hydrogens (tertiary/aromatic N) is 1. The van der Waals surface area contributed by atoms with E-state index in [9.17, 15) is 5.11 Å². The van der Waals surface area contributed by atoms with Crippen molar-refractivity contribution in [3.63, 3.8) is 0 Å². The van der Waals surface area contributed by atoms with E-state index in [2.05, 4.69) is 24.2 Å². The number of rotatable bonds is 10.